The second kappa shape index (κ2) is 10.7. The number of benzene rings is 1. The Hall–Kier alpha value is -2.74. The van der Waals surface area contributed by atoms with Crippen molar-refractivity contribution >= 4 is 23.6 Å². The van der Waals surface area contributed by atoms with Crippen LogP contribution in [0.1, 0.15) is 38.7 Å². The Morgan fingerprint density at radius 1 is 1.24 bits per heavy atom. The van der Waals surface area contributed by atoms with Crippen LogP contribution in [0, 0.1) is 5.92 Å². The average Bonchev–Trinajstić information content (AvgIpc) is 3.24. The summed E-state index contributed by atoms with van der Waals surface area (Å²) >= 11 is 0. The Bertz CT molecular complexity index is 737. The molecule has 0 aliphatic carbocycles. The van der Waals surface area contributed by atoms with Gasteiger partial charge in [-0.2, -0.15) is 0 Å². The first-order valence-corrected chi connectivity index (χ1v) is 9.92. The summed E-state index contributed by atoms with van der Waals surface area (Å²) in [4.78, 5) is 50.5. The summed E-state index contributed by atoms with van der Waals surface area (Å²) in [5.41, 5.74) is 6.63. The van der Waals surface area contributed by atoms with Crippen LogP contribution in [-0.2, 0) is 30.5 Å². The fraction of sp³-hybridized carbons (Fsp3) is 0.524. The Balaban J connectivity index is 1.87. The molecule has 0 radical (unpaired) electrons. The van der Waals surface area contributed by atoms with E-state index in [9.17, 15) is 19.2 Å². The number of ketones is 1. The molecule has 1 aliphatic heterocycles. The highest BCUT2D eigenvalue weighted by Gasteiger charge is 2.38. The lowest BCUT2D eigenvalue weighted by Crippen LogP contribution is -2.50. The van der Waals surface area contributed by atoms with Crippen molar-refractivity contribution in [2.24, 2.45) is 11.7 Å². The van der Waals surface area contributed by atoms with Gasteiger partial charge >= 0.3 is 5.97 Å². The smallest absolute Gasteiger partial charge is 0.377 e. The number of hydrogen-bond donors (Lipinski definition) is 2. The molecule has 0 aromatic heterocycles. The molecule has 1 heterocycles. The number of amides is 2. The van der Waals surface area contributed by atoms with Crippen molar-refractivity contribution < 1.29 is 23.9 Å². The molecule has 0 saturated carbocycles. The number of carbonyl (C=O) groups is 4. The highest BCUT2D eigenvalue weighted by molar-refractivity contribution is 6.36. The summed E-state index contributed by atoms with van der Waals surface area (Å²) in [7, 11) is 0. The minimum atomic E-state index is -0.957. The summed E-state index contributed by atoms with van der Waals surface area (Å²) in [6.07, 6.45) is 1.75. The normalized spacial score (nSPS) is 18.0. The topological polar surface area (TPSA) is 119 Å². The van der Waals surface area contributed by atoms with E-state index < -0.39 is 35.7 Å². The number of Topliss-reactive ketones (excluding diaryl/α,β-unsaturated/α-hetero) is 1. The molecule has 2 rings (SSSR count). The van der Waals surface area contributed by atoms with Crippen LogP contribution in [0.3, 0.4) is 0 Å². The molecular formula is C21H29N3O5. The van der Waals surface area contributed by atoms with E-state index in [0.717, 1.165) is 12.0 Å². The van der Waals surface area contributed by atoms with E-state index in [2.05, 4.69) is 5.32 Å². The van der Waals surface area contributed by atoms with E-state index in [1.54, 1.807) is 12.1 Å². The largest absolute Gasteiger partial charge is 0.455 e. The molecule has 158 valence electrons. The molecule has 1 saturated heterocycles. The number of ether oxygens (including phenoxy) is 1. The molecule has 1 aromatic rings. The number of carbonyl (C=O) groups excluding carboxylic acids is 4. The molecule has 0 unspecified atom stereocenters. The third-order valence-electron chi connectivity index (χ3n) is 5.26. The van der Waals surface area contributed by atoms with Gasteiger partial charge in [0.2, 0.25) is 11.8 Å². The molecule has 0 spiro atoms. The molecule has 3 N–H and O–H groups in total. The van der Waals surface area contributed by atoms with Gasteiger partial charge in [0.1, 0.15) is 12.6 Å². The van der Waals surface area contributed by atoms with Gasteiger partial charge in [-0.05, 0) is 24.3 Å². The predicted molar refractivity (Wildman–Crippen MR) is 106 cm³/mol. The minimum absolute atomic E-state index is 0.00433. The number of likely N-dealkylation sites (tertiary alicyclic amines) is 1. The second-order valence-electron chi connectivity index (χ2n) is 7.30. The fourth-order valence-electron chi connectivity index (χ4n) is 3.16. The van der Waals surface area contributed by atoms with Crippen LogP contribution < -0.4 is 11.1 Å². The van der Waals surface area contributed by atoms with Gasteiger partial charge in [-0.25, -0.2) is 4.79 Å². The fourth-order valence-corrected chi connectivity index (χ4v) is 3.16. The third-order valence-corrected chi connectivity index (χ3v) is 5.26. The van der Waals surface area contributed by atoms with Crippen molar-refractivity contribution in [3.05, 3.63) is 35.9 Å². The van der Waals surface area contributed by atoms with Crippen molar-refractivity contribution in [1.82, 2.24) is 10.2 Å². The van der Waals surface area contributed by atoms with Crippen molar-refractivity contribution in [2.45, 2.75) is 51.8 Å². The summed E-state index contributed by atoms with van der Waals surface area (Å²) < 4.78 is 5.09. The first kappa shape index (κ1) is 22.5. The van der Waals surface area contributed by atoms with Crippen LogP contribution in [0.2, 0.25) is 0 Å². The second-order valence-corrected chi connectivity index (χ2v) is 7.30. The maximum absolute atomic E-state index is 12.5. The Labute approximate surface area is 170 Å². The van der Waals surface area contributed by atoms with Crippen molar-refractivity contribution in [1.29, 1.82) is 0 Å². The first-order chi connectivity index (χ1) is 13.8. The van der Waals surface area contributed by atoms with Gasteiger partial charge in [0.05, 0.1) is 12.6 Å². The Morgan fingerprint density at radius 3 is 2.59 bits per heavy atom. The molecule has 3 atom stereocenters. The lowest BCUT2D eigenvalue weighted by atomic mass is 9.99. The third kappa shape index (κ3) is 6.12. The molecule has 8 heteroatoms. The first-order valence-electron chi connectivity index (χ1n) is 9.92. The summed E-state index contributed by atoms with van der Waals surface area (Å²) in [5.74, 6) is -2.53. The molecule has 1 aliphatic rings. The maximum atomic E-state index is 12.5. The average molecular weight is 403 g/mol. The summed E-state index contributed by atoms with van der Waals surface area (Å²) in [6, 6.07) is 7.48. The van der Waals surface area contributed by atoms with Gasteiger partial charge < -0.3 is 20.7 Å². The van der Waals surface area contributed by atoms with E-state index >= 15 is 0 Å². The van der Waals surface area contributed by atoms with Crippen LogP contribution in [0.15, 0.2) is 30.3 Å². The molecule has 29 heavy (non-hydrogen) atoms. The number of nitrogens with one attached hydrogen (secondary N) is 1. The van der Waals surface area contributed by atoms with E-state index in [4.69, 9.17) is 10.5 Å². The molecule has 0 bridgehead atoms. The quantitative estimate of drug-likeness (QED) is 0.465. The molecule has 1 fully saturated rings. The van der Waals surface area contributed by atoms with Crippen molar-refractivity contribution in [3.63, 3.8) is 0 Å². The molecule has 2 amide bonds. The minimum Gasteiger partial charge on any atom is -0.455 e. The van der Waals surface area contributed by atoms with Gasteiger partial charge in [-0.15, -0.1) is 0 Å². The lowest BCUT2D eigenvalue weighted by Gasteiger charge is -2.24. The number of esters is 1. The highest BCUT2D eigenvalue weighted by atomic mass is 16.5. The van der Waals surface area contributed by atoms with Crippen molar-refractivity contribution in [3.8, 4) is 0 Å². The van der Waals surface area contributed by atoms with Crippen LogP contribution in [0.4, 0.5) is 0 Å². The number of nitrogens with zero attached hydrogens (tertiary/aromatic N) is 1. The summed E-state index contributed by atoms with van der Waals surface area (Å²) in [5, 5.41) is 2.53. The van der Waals surface area contributed by atoms with E-state index in [0.29, 0.717) is 19.4 Å². The van der Waals surface area contributed by atoms with Crippen LogP contribution in [-0.4, -0.2) is 53.6 Å². The van der Waals surface area contributed by atoms with Crippen LogP contribution >= 0.6 is 0 Å². The Morgan fingerprint density at radius 2 is 1.93 bits per heavy atom. The van der Waals surface area contributed by atoms with E-state index in [1.165, 1.54) is 4.90 Å². The zero-order valence-corrected chi connectivity index (χ0v) is 16.9. The molecule has 1 aromatic carbocycles. The predicted octanol–water partition coefficient (Wildman–Crippen LogP) is 0.780. The van der Waals surface area contributed by atoms with Gasteiger partial charge in [0.25, 0.3) is 5.78 Å². The van der Waals surface area contributed by atoms with Gasteiger partial charge in [0, 0.05) is 6.54 Å². The summed E-state index contributed by atoms with van der Waals surface area (Å²) in [6.45, 7) is 3.89. The van der Waals surface area contributed by atoms with Crippen LogP contribution in [0.5, 0.6) is 0 Å². The Kier molecular flexibility index (Phi) is 8.33. The molecular weight excluding hydrogens is 374 g/mol. The zero-order valence-electron chi connectivity index (χ0n) is 16.9. The van der Waals surface area contributed by atoms with Gasteiger partial charge in [0.15, 0.2) is 0 Å². The van der Waals surface area contributed by atoms with Crippen LogP contribution in [0.25, 0.3) is 0 Å². The number of hydrogen-bond acceptors (Lipinski definition) is 6. The standard InChI is InChI=1S/C21H29N3O5/c1-3-14(2)18(22)20(27)23-12-17(25)24-11-7-10-16(24)19(26)21(28)29-13-15-8-5-4-6-9-15/h4-6,8-9,14,16,18H,3,7,10-13,22H2,1-2H3,(H,23,27)/t14-,16-,18-/m0/s1. The SMILES string of the molecule is CC[C@H](C)[C@H](N)C(=O)NCC(=O)N1CCC[C@H]1C(=O)C(=O)OCc1ccccc1. The number of rotatable bonds is 9. The van der Waals surface area contributed by atoms with E-state index in [1.807, 2.05) is 32.0 Å². The zero-order chi connectivity index (χ0) is 21.4. The van der Waals surface area contributed by atoms with Gasteiger partial charge in [-0.1, -0.05) is 50.6 Å². The highest BCUT2D eigenvalue weighted by Crippen LogP contribution is 2.19. The van der Waals surface area contributed by atoms with Gasteiger partial charge in [-0.3, -0.25) is 14.4 Å². The monoisotopic (exact) mass is 403 g/mol. The van der Waals surface area contributed by atoms with E-state index in [-0.39, 0.29) is 19.1 Å². The maximum Gasteiger partial charge on any atom is 0.377 e. The van der Waals surface area contributed by atoms with Crippen molar-refractivity contribution in [2.75, 3.05) is 13.1 Å². The number of nitrogens with two attached hydrogens (primary N) is 1. The molecule has 8 nitrogen and oxygen atoms in total. The lowest BCUT2D eigenvalue weighted by molar-refractivity contribution is -0.157.